The standard InChI is InChI=1S/C7H5NOS.ClH/c9-8-3-1-6-2-4-10-7(6)5-8;/h1-5H;1H. The average molecular weight is 188 g/mol. The summed E-state index contributed by atoms with van der Waals surface area (Å²) in [6.45, 7) is 0. The molecular formula is C7H6ClNOS. The Bertz CT molecular complexity index is 360. The van der Waals surface area contributed by atoms with Crippen LogP contribution in [0.2, 0.25) is 0 Å². The minimum Gasteiger partial charge on any atom is -0.619 e. The van der Waals surface area contributed by atoms with Gasteiger partial charge in [-0.25, -0.2) is 0 Å². The maximum Gasteiger partial charge on any atom is 0.198 e. The van der Waals surface area contributed by atoms with Crippen molar-refractivity contribution in [2.45, 2.75) is 0 Å². The first-order chi connectivity index (χ1) is 4.86. The van der Waals surface area contributed by atoms with Gasteiger partial charge in [0.05, 0.1) is 4.70 Å². The van der Waals surface area contributed by atoms with Crippen molar-refractivity contribution in [1.82, 2.24) is 0 Å². The van der Waals surface area contributed by atoms with Crippen molar-refractivity contribution >= 4 is 33.8 Å². The van der Waals surface area contributed by atoms with Gasteiger partial charge in [0, 0.05) is 11.5 Å². The summed E-state index contributed by atoms with van der Waals surface area (Å²) < 4.78 is 1.86. The Morgan fingerprint density at radius 3 is 3.00 bits per heavy atom. The van der Waals surface area contributed by atoms with Gasteiger partial charge >= 0.3 is 0 Å². The van der Waals surface area contributed by atoms with Gasteiger partial charge in [-0.05, 0) is 11.4 Å². The van der Waals surface area contributed by atoms with Crippen LogP contribution in [-0.4, -0.2) is 0 Å². The second-order valence-corrected chi connectivity index (χ2v) is 2.99. The number of thiophene rings is 1. The second kappa shape index (κ2) is 3.07. The van der Waals surface area contributed by atoms with Gasteiger partial charge in [0.1, 0.15) is 0 Å². The molecule has 0 radical (unpaired) electrons. The minimum atomic E-state index is 0. The van der Waals surface area contributed by atoms with E-state index in [4.69, 9.17) is 0 Å². The van der Waals surface area contributed by atoms with Crippen LogP contribution in [0.5, 0.6) is 0 Å². The van der Waals surface area contributed by atoms with E-state index in [9.17, 15) is 5.21 Å². The number of aromatic nitrogens is 1. The maximum absolute atomic E-state index is 10.7. The molecule has 2 aromatic heterocycles. The molecule has 0 atom stereocenters. The fourth-order valence-corrected chi connectivity index (χ4v) is 1.68. The predicted octanol–water partition coefficient (Wildman–Crippen LogP) is 1.96. The molecule has 2 rings (SSSR count). The lowest BCUT2D eigenvalue weighted by Gasteiger charge is -1.91. The van der Waals surface area contributed by atoms with Gasteiger partial charge in [0.25, 0.3) is 0 Å². The molecule has 11 heavy (non-hydrogen) atoms. The van der Waals surface area contributed by atoms with Gasteiger partial charge in [-0.15, -0.1) is 23.7 Å². The van der Waals surface area contributed by atoms with Crippen LogP contribution in [0.15, 0.2) is 29.9 Å². The third-order valence-electron chi connectivity index (χ3n) is 1.37. The number of nitrogens with zero attached hydrogens (tertiary/aromatic N) is 1. The zero-order valence-corrected chi connectivity index (χ0v) is 7.19. The number of hydrogen-bond acceptors (Lipinski definition) is 2. The lowest BCUT2D eigenvalue weighted by molar-refractivity contribution is -0.603. The van der Waals surface area contributed by atoms with Gasteiger partial charge in [0.15, 0.2) is 12.4 Å². The summed E-state index contributed by atoms with van der Waals surface area (Å²) in [5.41, 5.74) is 0. The van der Waals surface area contributed by atoms with Gasteiger partial charge in [-0.1, -0.05) is 0 Å². The number of fused-ring (bicyclic) bond motifs is 1. The third-order valence-corrected chi connectivity index (χ3v) is 2.24. The van der Waals surface area contributed by atoms with Crippen LogP contribution in [-0.2, 0) is 0 Å². The Labute approximate surface area is 74.1 Å². The number of pyridine rings is 1. The van der Waals surface area contributed by atoms with Crippen molar-refractivity contribution in [1.29, 1.82) is 0 Å². The maximum atomic E-state index is 10.7. The van der Waals surface area contributed by atoms with Crippen LogP contribution < -0.4 is 4.73 Å². The molecule has 0 aliphatic rings. The molecule has 2 aromatic rings. The van der Waals surface area contributed by atoms with E-state index in [0.29, 0.717) is 0 Å². The van der Waals surface area contributed by atoms with Gasteiger partial charge < -0.3 is 5.21 Å². The fraction of sp³-hybridized carbons (Fsp3) is 0. The van der Waals surface area contributed by atoms with E-state index >= 15 is 0 Å². The van der Waals surface area contributed by atoms with Crippen LogP contribution in [0.4, 0.5) is 0 Å². The summed E-state index contributed by atoms with van der Waals surface area (Å²) in [6, 6.07) is 3.82. The summed E-state index contributed by atoms with van der Waals surface area (Å²) in [5.74, 6) is 0. The van der Waals surface area contributed by atoms with E-state index in [1.807, 2.05) is 17.5 Å². The number of hydrogen-bond donors (Lipinski definition) is 0. The number of rotatable bonds is 0. The topological polar surface area (TPSA) is 26.9 Å². The highest BCUT2D eigenvalue weighted by Crippen LogP contribution is 2.17. The molecule has 2 nitrogen and oxygen atoms in total. The Morgan fingerprint density at radius 1 is 1.36 bits per heavy atom. The van der Waals surface area contributed by atoms with E-state index in [-0.39, 0.29) is 12.4 Å². The molecule has 0 aliphatic carbocycles. The van der Waals surface area contributed by atoms with Crippen molar-refractivity contribution in [3.63, 3.8) is 0 Å². The first-order valence-corrected chi connectivity index (χ1v) is 3.80. The predicted molar refractivity (Wildman–Crippen MR) is 48.0 cm³/mol. The minimum absolute atomic E-state index is 0. The van der Waals surface area contributed by atoms with Crippen LogP contribution in [0, 0.1) is 5.21 Å². The van der Waals surface area contributed by atoms with E-state index in [1.54, 1.807) is 17.5 Å². The van der Waals surface area contributed by atoms with E-state index in [0.717, 1.165) is 14.8 Å². The quantitative estimate of drug-likeness (QED) is 0.458. The zero-order chi connectivity index (χ0) is 6.97. The van der Waals surface area contributed by atoms with Gasteiger partial charge in [-0.3, -0.25) is 0 Å². The molecule has 4 heteroatoms. The van der Waals surface area contributed by atoms with Gasteiger partial charge in [0.2, 0.25) is 0 Å². The Kier molecular flexibility index (Phi) is 2.31. The monoisotopic (exact) mass is 187 g/mol. The molecule has 0 bridgehead atoms. The Hall–Kier alpha value is -0.800. The molecule has 0 unspecified atom stereocenters. The van der Waals surface area contributed by atoms with Crippen molar-refractivity contribution in [2.24, 2.45) is 0 Å². The molecule has 2 heterocycles. The first kappa shape index (κ1) is 8.30. The van der Waals surface area contributed by atoms with Gasteiger partial charge in [-0.2, -0.15) is 4.73 Å². The summed E-state index contributed by atoms with van der Waals surface area (Å²) in [5, 5.41) is 13.8. The van der Waals surface area contributed by atoms with E-state index < -0.39 is 0 Å². The fourth-order valence-electron chi connectivity index (χ4n) is 0.886. The normalized spacial score (nSPS) is 9.45. The van der Waals surface area contributed by atoms with Crippen molar-refractivity contribution in [3.8, 4) is 0 Å². The zero-order valence-electron chi connectivity index (χ0n) is 5.56. The Balaban J connectivity index is 0.000000605. The van der Waals surface area contributed by atoms with E-state index in [2.05, 4.69) is 0 Å². The molecule has 0 aliphatic heterocycles. The van der Waals surface area contributed by atoms with Crippen molar-refractivity contribution < 1.29 is 4.73 Å². The summed E-state index contributed by atoms with van der Waals surface area (Å²) in [6.07, 6.45) is 3.09. The second-order valence-electron chi connectivity index (χ2n) is 2.04. The molecule has 0 saturated carbocycles. The smallest absolute Gasteiger partial charge is 0.198 e. The van der Waals surface area contributed by atoms with Crippen LogP contribution in [0.25, 0.3) is 10.1 Å². The van der Waals surface area contributed by atoms with Crippen molar-refractivity contribution in [2.75, 3.05) is 0 Å². The van der Waals surface area contributed by atoms with Crippen LogP contribution in [0.3, 0.4) is 0 Å². The molecule has 0 saturated heterocycles. The lowest BCUT2D eigenvalue weighted by Crippen LogP contribution is -2.23. The first-order valence-electron chi connectivity index (χ1n) is 2.92. The van der Waals surface area contributed by atoms with Crippen molar-refractivity contribution in [3.05, 3.63) is 35.1 Å². The average Bonchev–Trinajstić information content (AvgIpc) is 2.33. The Morgan fingerprint density at radius 2 is 2.18 bits per heavy atom. The highest BCUT2D eigenvalue weighted by Gasteiger charge is 1.96. The summed E-state index contributed by atoms with van der Waals surface area (Å²) in [7, 11) is 0. The van der Waals surface area contributed by atoms with Crippen LogP contribution in [0.1, 0.15) is 0 Å². The highest BCUT2D eigenvalue weighted by molar-refractivity contribution is 7.17. The van der Waals surface area contributed by atoms with E-state index in [1.165, 1.54) is 6.20 Å². The third kappa shape index (κ3) is 1.44. The summed E-state index contributed by atoms with van der Waals surface area (Å²) >= 11 is 1.58. The number of halogens is 1. The molecule has 0 N–H and O–H groups in total. The molecule has 0 aromatic carbocycles. The SMILES string of the molecule is Cl.[O-][n+]1ccc2ccsc2c1. The summed E-state index contributed by atoms with van der Waals surface area (Å²) in [4.78, 5) is 0. The molecular weight excluding hydrogens is 182 g/mol. The highest BCUT2D eigenvalue weighted by atomic mass is 35.5. The lowest BCUT2D eigenvalue weighted by atomic mass is 10.3. The molecule has 0 amide bonds. The van der Waals surface area contributed by atoms with Crippen LogP contribution >= 0.6 is 23.7 Å². The molecule has 0 spiro atoms. The molecule has 58 valence electrons. The largest absolute Gasteiger partial charge is 0.619 e. The molecule has 0 fully saturated rings.